The van der Waals surface area contributed by atoms with E-state index in [-0.39, 0.29) is 0 Å². The highest BCUT2D eigenvalue weighted by Gasteiger charge is 2.18. The first kappa shape index (κ1) is 30.7. The Morgan fingerprint density at radius 1 is 0.370 bits per heavy atom. The van der Waals surface area contributed by atoms with Gasteiger partial charge in [0.15, 0.2) is 5.82 Å². The molecule has 0 spiro atoms. The number of rotatable bonds is 5. The maximum atomic E-state index is 6.33. The average Bonchev–Trinajstić information content (AvgIpc) is 3.82. The number of thiophene rings is 1. The second-order valence-corrected chi connectivity index (χ2v) is 14.8. The molecule has 8 aromatic carbocycles. The summed E-state index contributed by atoms with van der Waals surface area (Å²) in [4.78, 5) is 10.6. The van der Waals surface area contributed by atoms with Gasteiger partial charge in [0.05, 0.1) is 11.4 Å². The summed E-state index contributed by atoms with van der Waals surface area (Å²) in [5.41, 5.74) is 11.1. The number of para-hydroxylation sites is 1. The molecule has 3 aromatic heterocycles. The van der Waals surface area contributed by atoms with E-state index in [0.717, 1.165) is 55.4 Å². The molecule has 11 aromatic rings. The molecule has 0 aliphatic heterocycles. The predicted molar refractivity (Wildman–Crippen MR) is 227 cm³/mol. The highest BCUT2D eigenvalue weighted by atomic mass is 32.1. The van der Waals surface area contributed by atoms with E-state index in [9.17, 15) is 0 Å². The van der Waals surface area contributed by atoms with Crippen LogP contribution in [0.1, 0.15) is 0 Å². The maximum absolute atomic E-state index is 6.33. The Bertz CT molecular complexity index is 3210. The van der Waals surface area contributed by atoms with Crippen molar-refractivity contribution in [1.82, 2.24) is 9.97 Å². The highest BCUT2D eigenvalue weighted by molar-refractivity contribution is 7.26. The summed E-state index contributed by atoms with van der Waals surface area (Å²) in [5.74, 6) is 0.676. The normalized spacial score (nSPS) is 11.7. The largest absolute Gasteiger partial charge is 0.456 e. The molecule has 252 valence electrons. The molecule has 0 fully saturated rings. The molecular formula is C50H30N2OS. The molecule has 54 heavy (non-hydrogen) atoms. The van der Waals surface area contributed by atoms with E-state index in [1.165, 1.54) is 47.8 Å². The van der Waals surface area contributed by atoms with Crippen molar-refractivity contribution in [2.45, 2.75) is 0 Å². The third-order valence-electron chi connectivity index (χ3n) is 10.5. The zero-order valence-electron chi connectivity index (χ0n) is 29.0. The number of nitrogens with zero attached hydrogens (tertiary/aromatic N) is 2. The summed E-state index contributed by atoms with van der Waals surface area (Å²) < 4.78 is 8.91. The van der Waals surface area contributed by atoms with Crippen LogP contribution in [0.5, 0.6) is 0 Å². The van der Waals surface area contributed by atoms with Crippen LogP contribution in [0.2, 0.25) is 0 Å². The van der Waals surface area contributed by atoms with Crippen molar-refractivity contribution in [2.75, 3.05) is 0 Å². The van der Waals surface area contributed by atoms with Gasteiger partial charge in [0.2, 0.25) is 0 Å². The van der Waals surface area contributed by atoms with E-state index in [4.69, 9.17) is 14.4 Å². The Hall–Kier alpha value is -6.88. The van der Waals surface area contributed by atoms with Gasteiger partial charge in [-0.3, -0.25) is 0 Å². The van der Waals surface area contributed by atoms with Crippen molar-refractivity contribution < 1.29 is 4.42 Å². The maximum Gasteiger partial charge on any atom is 0.160 e. The van der Waals surface area contributed by atoms with Crippen molar-refractivity contribution in [3.63, 3.8) is 0 Å². The van der Waals surface area contributed by atoms with E-state index < -0.39 is 0 Å². The molecule has 0 aliphatic rings. The van der Waals surface area contributed by atoms with Gasteiger partial charge in [-0.15, -0.1) is 11.3 Å². The zero-order valence-corrected chi connectivity index (χ0v) is 29.8. The lowest BCUT2D eigenvalue weighted by atomic mass is 9.94. The van der Waals surface area contributed by atoms with Crippen molar-refractivity contribution in [3.8, 4) is 56.2 Å². The SMILES string of the molecule is c1ccc(-c2ccc(-c3cc(-c4ccc5c(c4)oc4ccccc45)nc(-c4cc(-c5cccc6c5sc5ccccc56)c5ccccc5c4)n3)cc2)cc1. The van der Waals surface area contributed by atoms with Crippen LogP contribution in [0.4, 0.5) is 0 Å². The molecule has 3 nitrogen and oxygen atoms in total. The molecule has 3 heterocycles. The van der Waals surface area contributed by atoms with Gasteiger partial charge in [0.1, 0.15) is 11.2 Å². The Labute approximate surface area is 315 Å². The Balaban J connectivity index is 1.12. The van der Waals surface area contributed by atoms with Gasteiger partial charge in [-0.1, -0.05) is 140 Å². The van der Waals surface area contributed by atoms with Crippen molar-refractivity contribution in [1.29, 1.82) is 0 Å². The second-order valence-electron chi connectivity index (χ2n) is 13.7. The molecule has 0 amide bonds. The summed E-state index contributed by atoms with van der Waals surface area (Å²) in [7, 11) is 0. The molecule has 11 rings (SSSR count). The lowest BCUT2D eigenvalue weighted by molar-refractivity contribution is 0.669. The van der Waals surface area contributed by atoms with Gasteiger partial charge in [0.25, 0.3) is 0 Å². The molecule has 0 atom stereocenters. The summed E-state index contributed by atoms with van der Waals surface area (Å²) in [5, 5.41) is 7.13. The molecular weight excluding hydrogens is 677 g/mol. The van der Waals surface area contributed by atoms with E-state index >= 15 is 0 Å². The van der Waals surface area contributed by atoms with E-state index in [1.54, 1.807) is 0 Å². The van der Waals surface area contributed by atoms with Crippen LogP contribution in [-0.2, 0) is 0 Å². The Kier molecular flexibility index (Phi) is 7.04. The van der Waals surface area contributed by atoms with E-state index in [2.05, 4.69) is 164 Å². The van der Waals surface area contributed by atoms with Gasteiger partial charge in [-0.05, 0) is 69.9 Å². The third-order valence-corrected chi connectivity index (χ3v) is 11.7. The molecule has 0 aliphatic carbocycles. The van der Waals surface area contributed by atoms with Gasteiger partial charge in [-0.2, -0.15) is 0 Å². The van der Waals surface area contributed by atoms with Gasteiger partial charge < -0.3 is 4.42 Å². The second kappa shape index (κ2) is 12.4. The fraction of sp³-hybridized carbons (Fsp3) is 0. The van der Waals surface area contributed by atoms with Crippen molar-refractivity contribution in [2.24, 2.45) is 0 Å². The van der Waals surface area contributed by atoms with Gasteiger partial charge in [-0.25, -0.2) is 9.97 Å². The Morgan fingerprint density at radius 3 is 1.89 bits per heavy atom. The minimum Gasteiger partial charge on any atom is -0.456 e. The molecule has 0 saturated carbocycles. The fourth-order valence-electron chi connectivity index (χ4n) is 7.84. The summed E-state index contributed by atoms with van der Waals surface area (Å²) in [6.07, 6.45) is 0. The number of fused-ring (bicyclic) bond motifs is 7. The van der Waals surface area contributed by atoms with Gasteiger partial charge >= 0.3 is 0 Å². The number of hydrogen-bond donors (Lipinski definition) is 0. The molecule has 4 heteroatoms. The average molecular weight is 707 g/mol. The minimum absolute atomic E-state index is 0.676. The third kappa shape index (κ3) is 5.11. The van der Waals surface area contributed by atoms with Crippen LogP contribution >= 0.6 is 11.3 Å². The quantitative estimate of drug-likeness (QED) is 0.179. The lowest BCUT2D eigenvalue weighted by Gasteiger charge is -2.14. The first-order valence-corrected chi connectivity index (χ1v) is 19.0. The lowest BCUT2D eigenvalue weighted by Crippen LogP contribution is -1.97. The highest BCUT2D eigenvalue weighted by Crippen LogP contribution is 2.43. The first-order chi connectivity index (χ1) is 26.7. The number of hydrogen-bond acceptors (Lipinski definition) is 4. The first-order valence-electron chi connectivity index (χ1n) is 18.1. The van der Waals surface area contributed by atoms with Crippen LogP contribution in [0, 0.1) is 0 Å². The van der Waals surface area contributed by atoms with Crippen LogP contribution < -0.4 is 0 Å². The van der Waals surface area contributed by atoms with Crippen LogP contribution in [0.25, 0.3) is 109 Å². The number of furan rings is 1. The number of aromatic nitrogens is 2. The Morgan fingerprint density at radius 2 is 1.02 bits per heavy atom. The van der Waals surface area contributed by atoms with Gasteiger partial charge in [0, 0.05) is 53.2 Å². The van der Waals surface area contributed by atoms with Crippen molar-refractivity contribution in [3.05, 3.63) is 182 Å². The zero-order chi connectivity index (χ0) is 35.6. The van der Waals surface area contributed by atoms with Crippen LogP contribution in [-0.4, -0.2) is 9.97 Å². The van der Waals surface area contributed by atoms with Crippen LogP contribution in [0.15, 0.2) is 186 Å². The molecule has 0 N–H and O–H groups in total. The van der Waals surface area contributed by atoms with E-state index in [1.807, 2.05) is 29.5 Å². The van der Waals surface area contributed by atoms with E-state index in [0.29, 0.717) is 5.82 Å². The molecule has 0 bridgehead atoms. The minimum atomic E-state index is 0.676. The standard InChI is InChI=1S/C50H30N2OS/c1-2-11-31(12-3-1)32-21-23-33(24-22-32)44-30-45(35-25-26-39-38-15-6-8-19-46(38)53-47(39)29-35)52-50(51-44)36-27-34-13-4-5-14-37(34)43(28-36)42-18-10-17-41-40-16-7-9-20-48(40)54-49(41)42/h1-30H. The fourth-order valence-corrected chi connectivity index (χ4v) is 9.07. The molecule has 0 unspecified atom stereocenters. The summed E-state index contributed by atoms with van der Waals surface area (Å²) in [6, 6.07) is 64.4. The summed E-state index contributed by atoms with van der Waals surface area (Å²) >= 11 is 1.85. The van der Waals surface area contributed by atoms with Crippen molar-refractivity contribution >= 4 is 64.2 Å². The topological polar surface area (TPSA) is 38.9 Å². The molecule has 0 saturated heterocycles. The summed E-state index contributed by atoms with van der Waals surface area (Å²) in [6.45, 7) is 0. The predicted octanol–water partition coefficient (Wildman–Crippen LogP) is 14.2. The molecule has 0 radical (unpaired) electrons. The monoisotopic (exact) mass is 706 g/mol. The van der Waals surface area contributed by atoms with Crippen LogP contribution in [0.3, 0.4) is 0 Å². The smallest absolute Gasteiger partial charge is 0.160 e. The number of benzene rings is 8.